The van der Waals surface area contributed by atoms with E-state index in [0.717, 1.165) is 0 Å². The van der Waals surface area contributed by atoms with E-state index in [4.69, 9.17) is 9.47 Å². The lowest BCUT2D eigenvalue weighted by atomic mass is 10.1. The molecule has 0 spiro atoms. The first-order chi connectivity index (χ1) is 11.9. The largest absolute Gasteiger partial charge is 0.493 e. The topological polar surface area (TPSA) is 50.8 Å². The van der Waals surface area contributed by atoms with Crippen LogP contribution in [-0.4, -0.2) is 44.7 Å². The molecule has 1 heterocycles. The Morgan fingerprint density at radius 2 is 2.00 bits per heavy atom. The number of hydrogen-bond donors (Lipinski definition) is 1. The molecule has 0 aliphatic heterocycles. The van der Waals surface area contributed by atoms with Gasteiger partial charge in [-0.25, -0.2) is 0 Å². The lowest BCUT2D eigenvalue weighted by molar-refractivity contribution is 0.0942. The van der Waals surface area contributed by atoms with Gasteiger partial charge in [0.2, 0.25) is 0 Å². The molecule has 0 aliphatic carbocycles. The van der Waals surface area contributed by atoms with Gasteiger partial charge in [-0.2, -0.15) is 0 Å². The number of ether oxygens (including phenoxy) is 2. The molecule has 5 nitrogen and oxygen atoms in total. The van der Waals surface area contributed by atoms with Gasteiger partial charge in [-0.3, -0.25) is 4.79 Å². The number of carbonyl (C=O) groups excluding carboxylic acids is 1. The highest BCUT2D eigenvalue weighted by molar-refractivity contribution is 7.10. The maximum Gasteiger partial charge on any atom is 0.251 e. The maximum atomic E-state index is 12.5. The van der Waals surface area contributed by atoms with Crippen LogP contribution in [0.5, 0.6) is 11.5 Å². The zero-order chi connectivity index (χ0) is 18.4. The van der Waals surface area contributed by atoms with E-state index in [2.05, 4.69) is 16.3 Å². The minimum Gasteiger partial charge on any atom is -0.493 e. The second-order valence-corrected chi connectivity index (χ2v) is 7.22. The maximum absolute atomic E-state index is 12.5. The van der Waals surface area contributed by atoms with Crippen LogP contribution in [0.4, 0.5) is 0 Å². The lowest BCUT2D eigenvalue weighted by Gasteiger charge is -2.23. The van der Waals surface area contributed by atoms with Crippen molar-refractivity contribution in [2.75, 3.05) is 27.7 Å². The van der Waals surface area contributed by atoms with Crippen molar-refractivity contribution >= 4 is 17.2 Å². The summed E-state index contributed by atoms with van der Waals surface area (Å²) >= 11 is 1.69. The molecule has 0 radical (unpaired) electrons. The highest BCUT2D eigenvalue weighted by atomic mass is 32.1. The quantitative estimate of drug-likeness (QED) is 0.780. The van der Waals surface area contributed by atoms with Crippen LogP contribution in [0.3, 0.4) is 0 Å². The smallest absolute Gasteiger partial charge is 0.251 e. The molecule has 0 aliphatic rings. The van der Waals surface area contributed by atoms with Crippen LogP contribution in [0.1, 0.15) is 35.1 Å². The highest BCUT2D eigenvalue weighted by Crippen LogP contribution is 2.29. The molecule has 136 valence electrons. The molecular weight excluding hydrogens is 336 g/mol. The third kappa shape index (κ3) is 5.21. The molecule has 0 saturated carbocycles. The Labute approximate surface area is 153 Å². The minimum atomic E-state index is -0.127. The summed E-state index contributed by atoms with van der Waals surface area (Å²) < 4.78 is 11.0. The summed E-state index contributed by atoms with van der Waals surface area (Å²) in [5, 5.41) is 5.06. The molecule has 2 rings (SSSR count). The number of amides is 1. The van der Waals surface area contributed by atoms with Gasteiger partial charge in [0, 0.05) is 17.0 Å². The van der Waals surface area contributed by atoms with Gasteiger partial charge in [-0.1, -0.05) is 6.07 Å². The van der Waals surface area contributed by atoms with E-state index in [1.807, 2.05) is 39.4 Å². The normalized spacial score (nSPS) is 12.3. The Bertz CT molecular complexity index is 684. The van der Waals surface area contributed by atoms with E-state index in [-0.39, 0.29) is 18.1 Å². The zero-order valence-corrected chi connectivity index (χ0v) is 16.2. The monoisotopic (exact) mass is 362 g/mol. The van der Waals surface area contributed by atoms with Crippen molar-refractivity contribution in [2.24, 2.45) is 0 Å². The summed E-state index contributed by atoms with van der Waals surface area (Å²) in [6, 6.07) is 9.50. The molecule has 6 heteroatoms. The molecule has 0 fully saturated rings. The Balaban J connectivity index is 2.07. The number of likely N-dealkylation sites (N-methyl/N-ethyl adjacent to an activating group) is 1. The van der Waals surface area contributed by atoms with E-state index in [9.17, 15) is 4.79 Å². The number of thiophene rings is 1. The molecule has 25 heavy (non-hydrogen) atoms. The van der Waals surface area contributed by atoms with Crippen LogP contribution in [0.2, 0.25) is 0 Å². The second kappa shape index (κ2) is 8.87. The van der Waals surface area contributed by atoms with Crippen molar-refractivity contribution in [2.45, 2.75) is 26.0 Å². The van der Waals surface area contributed by atoms with Crippen LogP contribution in [-0.2, 0) is 0 Å². The van der Waals surface area contributed by atoms with Crippen LogP contribution in [0, 0.1) is 0 Å². The summed E-state index contributed by atoms with van der Waals surface area (Å²) in [7, 11) is 5.60. The van der Waals surface area contributed by atoms with Gasteiger partial charge in [0.1, 0.15) is 0 Å². The van der Waals surface area contributed by atoms with Gasteiger partial charge in [-0.05, 0) is 57.6 Å². The van der Waals surface area contributed by atoms with E-state index in [1.54, 1.807) is 36.6 Å². The number of benzene rings is 1. The Hall–Kier alpha value is -2.05. The first kappa shape index (κ1) is 19.3. The van der Waals surface area contributed by atoms with Gasteiger partial charge < -0.3 is 19.7 Å². The lowest BCUT2D eigenvalue weighted by Crippen LogP contribution is -2.34. The van der Waals surface area contributed by atoms with Crippen molar-refractivity contribution in [3.63, 3.8) is 0 Å². The second-order valence-electron chi connectivity index (χ2n) is 6.24. The van der Waals surface area contributed by atoms with E-state index in [0.29, 0.717) is 23.6 Å². The third-order valence-electron chi connectivity index (χ3n) is 3.74. The summed E-state index contributed by atoms with van der Waals surface area (Å²) in [5.74, 6) is 1.07. The molecular formula is C19H26N2O3S. The summed E-state index contributed by atoms with van der Waals surface area (Å²) in [4.78, 5) is 15.8. The van der Waals surface area contributed by atoms with Crippen LogP contribution < -0.4 is 14.8 Å². The summed E-state index contributed by atoms with van der Waals surface area (Å²) in [6.45, 7) is 4.44. The van der Waals surface area contributed by atoms with E-state index < -0.39 is 0 Å². The fourth-order valence-electron chi connectivity index (χ4n) is 2.47. The molecule has 1 aromatic carbocycles. The average molecular weight is 362 g/mol. The molecule has 1 atom stereocenters. The van der Waals surface area contributed by atoms with Crippen LogP contribution in [0.15, 0.2) is 35.7 Å². The summed E-state index contributed by atoms with van der Waals surface area (Å²) in [6.07, 6.45) is 0.0419. The molecule has 0 bridgehead atoms. The van der Waals surface area contributed by atoms with Gasteiger partial charge in [0.15, 0.2) is 11.5 Å². The number of methoxy groups -OCH3 is 1. The van der Waals surface area contributed by atoms with E-state index in [1.165, 1.54) is 4.88 Å². The number of nitrogens with one attached hydrogen (secondary N) is 1. The molecule has 1 N–H and O–H groups in total. The van der Waals surface area contributed by atoms with Gasteiger partial charge in [0.25, 0.3) is 5.91 Å². The van der Waals surface area contributed by atoms with Gasteiger partial charge in [0.05, 0.1) is 19.3 Å². The Morgan fingerprint density at radius 3 is 2.56 bits per heavy atom. The number of rotatable bonds is 8. The molecule has 1 unspecified atom stereocenters. The van der Waals surface area contributed by atoms with Crippen molar-refractivity contribution in [1.29, 1.82) is 0 Å². The fourth-order valence-corrected chi connectivity index (χ4v) is 3.39. The molecule has 1 aromatic heterocycles. The van der Waals surface area contributed by atoms with Crippen LogP contribution in [0.25, 0.3) is 0 Å². The Morgan fingerprint density at radius 1 is 1.24 bits per heavy atom. The number of hydrogen-bond acceptors (Lipinski definition) is 5. The molecule has 2 aromatic rings. The first-order valence-electron chi connectivity index (χ1n) is 8.25. The molecule has 0 saturated heterocycles. The van der Waals surface area contributed by atoms with Crippen LogP contribution >= 0.6 is 11.3 Å². The minimum absolute atomic E-state index is 0.0419. The predicted octanol–water partition coefficient (Wildman–Crippen LogP) is 3.58. The van der Waals surface area contributed by atoms with Crippen molar-refractivity contribution in [3.05, 3.63) is 46.2 Å². The number of carbonyl (C=O) groups is 1. The van der Waals surface area contributed by atoms with E-state index >= 15 is 0 Å². The SMILES string of the molecule is COc1cc(C(=O)NCC(c2cccs2)N(C)C)ccc1OC(C)C. The van der Waals surface area contributed by atoms with Gasteiger partial charge >= 0.3 is 0 Å². The Kier molecular flexibility index (Phi) is 6.84. The van der Waals surface area contributed by atoms with Gasteiger partial charge in [-0.15, -0.1) is 11.3 Å². The predicted molar refractivity (Wildman–Crippen MR) is 102 cm³/mol. The average Bonchev–Trinajstić information content (AvgIpc) is 3.08. The van der Waals surface area contributed by atoms with Crippen molar-refractivity contribution < 1.29 is 14.3 Å². The van der Waals surface area contributed by atoms with Crippen molar-refractivity contribution in [1.82, 2.24) is 10.2 Å². The highest BCUT2D eigenvalue weighted by Gasteiger charge is 2.18. The van der Waals surface area contributed by atoms with Crippen molar-refractivity contribution in [3.8, 4) is 11.5 Å². The standard InChI is InChI=1S/C19H26N2O3S/c1-13(2)24-16-9-8-14(11-17(16)23-5)19(22)20-12-15(21(3)4)18-7-6-10-25-18/h6-11,13,15H,12H2,1-5H3,(H,20,22). The third-order valence-corrected chi connectivity index (χ3v) is 4.71. The molecule has 1 amide bonds. The number of nitrogens with zero attached hydrogens (tertiary/aromatic N) is 1. The zero-order valence-electron chi connectivity index (χ0n) is 15.4. The fraction of sp³-hybridized carbons (Fsp3) is 0.421. The summed E-state index contributed by atoms with van der Waals surface area (Å²) in [5.41, 5.74) is 0.552. The first-order valence-corrected chi connectivity index (χ1v) is 9.13.